The zero-order chi connectivity index (χ0) is 17.7. The van der Waals surface area contributed by atoms with E-state index in [0.29, 0.717) is 13.1 Å². The summed E-state index contributed by atoms with van der Waals surface area (Å²) in [5, 5.41) is 2.91. The molecule has 2 amide bonds. The number of nitrogens with two attached hydrogens (primary N) is 1. The van der Waals surface area contributed by atoms with Crippen molar-refractivity contribution in [2.24, 2.45) is 5.73 Å². The van der Waals surface area contributed by atoms with Gasteiger partial charge in [-0.3, -0.25) is 14.5 Å². The van der Waals surface area contributed by atoms with Crippen molar-refractivity contribution in [3.63, 3.8) is 0 Å². The van der Waals surface area contributed by atoms with E-state index in [4.69, 9.17) is 5.73 Å². The Kier molecular flexibility index (Phi) is 7.85. The summed E-state index contributed by atoms with van der Waals surface area (Å²) in [7, 11) is -3.18. The van der Waals surface area contributed by atoms with E-state index in [-0.39, 0.29) is 49.0 Å². The van der Waals surface area contributed by atoms with Gasteiger partial charge >= 0.3 is 0 Å². The molecule has 25 heavy (non-hydrogen) atoms. The van der Waals surface area contributed by atoms with Crippen LogP contribution in [0.1, 0.15) is 17.9 Å². The first-order valence-electron chi connectivity index (χ1n) is 7.77. The van der Waals surface area contributed by atoms with Gasteiger partial charge in [0.05, 0.1) is 12.3 Å². The van der Waals surface area contributed by atoms with Crippen LogP contribution in [0.4, 0.5) is 0 Å². The maximum absolute atomic E-state index is 12.1. The summed E-state index contributed by atoms with van der Waals surface area (Å²) in [6, 6.07) is 9.55. The van der Waals surface area contributed by atoms with Gasteiger partial charge in [-0.05, 0) is 5.56 Å². The van der Waals surface area contributed by atoms with Crippen molar-refractivity contribution in [3.05, 3.63) is 35.9 Å². The van der Waals surface area contributed by atoms with Gasteiger partial charge in [0.2, 0.25) is 11.8 Å². The maximum atomic E-state index is 12.1. The van der Waals surface area contributed by atoms with Gasteiger partial charge in [0.1, 0.15) is 9.84 Å². The third-order valence-electron chi connectivity index (χ3n) is 4.05. The Balaban J connectivity index is 0.00000312. The first kappa shape index (κ1) is 21.4. The van der Waals surface area contributed by atoms with E-state index in [1.807, 2.05) is 35.2 Å². The zero-order valence-corrected chi connectivity index (χ0v) is 15.7. The maximum Gasteiger partial charge on any atom is 0.231 e. The molecule has 2 rings (SSSR count). The molecule has 0 radical (unpaired) electrons. The topological polar surface area (TPSA) is 110 Å². The highest BCUT2D eigenvalue weighted by atomic mass is 35.5. The molecule has 1 heterocycles. The van der Waals surface area contributed by atoms with E-state index in [9.17, 15) is 18.0 Å². The number of carbonyl (C=O) groups is 2. The van der Waals surface area contributed by atoms with Gasteiger partial charge < -0.3 is 11.1 Å². The van der Waals surface area contributed by atoms with Crippen LogP contribution in [0.25, 0.3) is 0 Å². The van der Waals surface area contributed by atoms with E-state index >= 15 is 0 Å². The average molecular weight is 390 g/mol. The molecular formula is C16H24ClN3O4S. The molecule has 140 valence electrons. The fourth-order valence-electron chi connectivity index (χ4n) is 2.98. The molecule has 1 aliphatic heterocycles. The molecule has 1 aromatic rings. The molecule has 1 saturated heterocycles. The van der Waals surface area contributed by atoms with Gasteiger partial charge in [0.15, 0.2) is 0 Å². The zero-order valence-electron chi connectivity index (χ0n) is 14.1. The second kappa shape index (κ2) is 9.17. The van der Waals surface area contributed by atoms with Crippen molar-refractivity contribution >= 4 is 34.1 Å². The molecule has 1 aromatic carbocycles. The van der Waals surface area contributed by atoms with Gasteiger partial charge in [-0.2, -0.15) is 0 Å². The Bertz CT molecular complexity index is 697. The SMILES string of the molecule is CS(=O)(=O)CCC(=O)N[C@H]1CN(CC(N)=O)C[C@@H]1c1ccccc1.Cl. The van der Waals surface area contributed by atoms with Crippen LogP contribution in [0.2, 0.25) is 0 Å². The lowest BCUT2D eigenvalue weighted by atomic mass is 9.94. The highest BCUT2D eigenvalue weighted by Crippen LogP contribution is 2.27. The second-order valence-electron chi connectivity index (χ2n) is 6.23. The molecule has 2 atom stereocenters. The normalized spacial score (nSPS) is 20.7. The van der Waals surface area contributed by atoms with E-state index in [0.717, 1.165) is 11.8 Å². The largest absolute Gasteiger partial charge is 0.369 e. The summed E-state index contributed by atoms with van der Waals surface area (Å²) < 4.78 is 22.4. The van der Waals surface area contributed by atoms with Crippen molar-refractivity contribution < 1.29 is 18.0 Å². The van der Waals surface area contributed by atoms with E-state index in [2.05, 4.69) is 5.32 Å². The first-order chi connectivity index (χ1) is 11.2. The van der Waals surface area contributed by atoms with Crippen LogP contribution in [0.5, 0.6) is 0 Å². The van der Waals surface area contributed by atoms with Gasteiger partial charge in [0.25, 0.3) is 0 Å². The minimum atomic E-state index is -3.18. The third-order valence-corrected chi connectivity index (χ3v) is 4.99. The predicted octanol–water partition coefficient (Wildman–Crippen LogP) is -0.0876. The van der Waals surface area contributed by atoms with E-state index in [1.54, 1.807) is 0 Å². The lowest BCUT2D eigenvalue weighted by molar-refractivity contribution is -0.121. The second-order valence-corrected chi connectivity index (χ2v) is 8.49. The number of nitrogens with one attached hydrogen (secondary N) is 1. The molecule has 0 bridgehead atoms. The van der Waals surface area contributed by atoms with Crippen LogP contribution in [0.3, 0.4) is 0 Å². The molecule has 7 nitrogen and oxygen atoms in total. The Morgan fingerprint density at radius 1 is 1.24 bits per heavy atom. The molecule has 1 aliphatic rings. The molecule has 9 heteroatoms. The summed E-state index contributed by atoms with van der Waals surface area (Å²) in [5.41, 5.74) is 6.33. The van der Waals surface area contributed by atoms with Crippen LogP contribution < -0.4 is 11.1 Å². The summed E-state index contributed by atoms with van der Waals surface area (Å²) in [5.74, 6) is -0.849. The number of primary amides is 1. The summed E-state index contributed by atoms with van der Waals surface area (Å²) in [6.45, 7) is 1.26. The number of halogens is 1. The molecule has 0 aromatic heterocycles. The Morgan fingerprint density at radius 3 is 2.44 bits per heavy atom. The number of nitrogens with zero attached hydrogens (tertiary/aromatic N) is 1. The number of hydrogen-bond acceptors (Lipinski definition) is 5. The summed E-state index contributed by atoms with van der Waals surface area (Å²) >= 11 is 0. The van der Waals surface area contributed by atoms with E-state index in [1.165, 1.54) is 0 Å². The van der Waals surface area contributed by atoms with Crippen molar-refractivity contribution in [1.29, 1.82) is 0 Å². The lowest BCUT2D eigenvalue weighted by Crippen LogP contribution is -2.41. The first-order valence-corrected chi connectivity index (χ1v) is 9.83. The predicted molar refractivity (Wildman–Crippen MR) is 98.3 cm³/mol. The Morgan fingerprint density at radius 2 is 1.88 bits per heavy atom. The Labute approximate surface area is 154 Å². The molecule has 0 unspecified atom stereocenters. The van der Waals surface area contributed by atoms with Crippen LogP contribution in [0, 0.1) is 0 Å². The summed E-state index contributed by atoms with van der Waals surface area (Å²) in [4.78, 5) is 25.1. The quantitative estimate of drug-likeness (QED) is 0.677. The van der Waals surface area contributed by atoms with Gasteiger partial charge in [-0.25, -0.2) is 8.42 Å². The van der Waals surface area contributed by atoms with Crippen molar-refractivity contribution in [1.82, 2.24) is 10.2 Å². The average Bonchev–Trinajstić information content (AvgIpc) is 2.87. The summed E-state index contributed by atoms with van der Waals surface area (Å²) in [6.07, 6.45) is 1.05. The smallest absolute Gasteiger partial charge is 0.231 e. The van der Waals surface area contributed by atoms with Gasteiger partial charge in [-0.15, -0.1) is 12.4 Å². The number of likely N-dealkylation sites (tertiary alicyclic amines) is 1. The fraction of sp³-hybridized carbons (Fsp3) is 0.500. The molecule has 0 saturated carbocycles. The van der Waals surface area contributed by atoms with Crippen LogP contribution in [-0.2, 0) is 19.4 Å². The molecule has 1 fully saturated rings. The Hall–Kier alpha value is -1.64. The number of rotatable bonds is 7. The molecule has 0 spiro atoms. The van der Waals surface area contributed by atoms with Crippen molar-refractivity contribution in [2.45, 2.75) is 18.4 Å². The molecule has 0 aliphatic carbocycles. The van der Waals surface area contributed by atoms with Crippen LogP contribution in [0.15, 0.2) is 30.3 Å². The van der Waals surface area contributed by atoms with Crippen LogP contribution >= 0.6 is 12.4 Å². The minimum absolute atomic E-state index is 0. The van der Waals surface area contributed by atoms with Crippen LogP contribution in [-0.4, -0.2) is 62.8 Å². The van der Waals surface area contributed by atoms with Crippen molar-refractivity contribution in [3.8, 4) is 0 Å². The number of sulfone groups is 1. The van der Waals surface area contributed by atoms with Gasteiger partial charge in [-0.1, -0.05) is 30.3 Å². The van der Waals surface area contributed by atoms with Crippen molar-refractivity contribution in [2.75, 3.05) is 31.6 Å². The molecule has 3 N–H and O–H groups in total. The molecular weight excluding hydrogens is 366 g/mol. The van der Waals surface area contributed by atoms with Gasteiger partial charge in [0, 0.05) is 37.7 Å². The van der Waals surface area contributed by atoms with E-state index < -0.39 is 15.7 Å². The number of carbonyl (C=O) groups excluding carboxylic acids is 2. The highest BCUT2D eigenvalue weighted by molar-refractivity contribution is 7.90. The fourth-order valence-corrected chi connectivity index (χ4v) is 3.53. The standard InChI is InChI=1S/C16H23N3O4S.ClH/c1-24(22,23)8-7-16(21)18-14-10-19(11-15(17)20)9-13(14)12-5-3-2-4-6-12;/h2-6,13-14H,7-11H2,1H3,(H2,17,20)(H,18,21);1H/t13-,14+;/m1./s1. The minimum Gasteiger partial charge on any atom is -0.369 e. The number of amides is 2. The highest BCUT2D eigenvalue weighted by Gasteiger charge is 2.35. The monoisotopic (exact) mass is 389 g/mol. The third kappa shape index (κ3) is 7.01. The number of hydrogen-bond donors (Lipinski definition) is 2. The lowest BCUT2D eigenvalue weighted by Gasteiger charge is -2.20. The number of benzene rings is 1.